The second kappa shape index (κ2) is 4.85. The zero-order valence-corrected chi connectivity index (χ0v) is 9.76. The van der Waals surface area contributed by atoms with Gasteiger partial charge in [0, 0.05) is 16.6 Å². The van der Waals surface area contributed by atoms with Crippen LogP contribution >= 0.6 is 11.6 Å². The minimum atomic E-state index is 0.0530. The highest BCUT2D eigenvalue weighted by Gasteiger charge is 2.25. The molecule has 1 aromatic rings. The first-order valence-corrected chi connectivity index (χ1v) is 5.88. The van der Waals surface area contributed by atoms with Crippen molar-refractivity contribution < 1.29 is 4.79 Å². The standard InChI is InChI=1S/C12H15ClN2O/c13-10-4-3-8-6-9(2-1-5-14)12(16)15-11(8)7-10/h3-4,7,9H,1-2,5-6,14H2,(H,15,16). The number of anilines is 1. The molecule has 3 N–H and O–H groups in total. The van der Waals surface area contributed by atoms with E-state index in [9.17, 15) is 4.79 Å². The number of fused-ring (bicyclic) bond motifs is 1. The SMILES string of the molecule is NCCCC1Cc2ccc(Cl)cc2NC1=O. The van der Waals surface area contributed by atoms with Crippen molar-refractivity contribution >= 4 is 23.2 Å². The van der Waals surface area contributed by atoms with Gasteiger partial charge in [-0.2, -0.15) is 0 Å². The molecule has 4 heteroatoms. The maximum Gasteiger partial charge on any atom is 0.227 e. The highest BCUT2D eigenvalue weighted by molar-refractivity contribution is 6.31. The second-order valence-electron chi connectivity index (χ2n) is 4.12. The lowest BCUT2D eigenvalue weighted by Gasteiger charge is -2.24. The first-order chi connectivity index (χ1) is 7.70. The third-order valence-electron chi connectivity index (χ3n) is 2.92. The summed E-state index contributed by atoms with van der Waals surface area (Å²) in [6, 6.07) is 5.64. The third kappa shape index (κ3) is 2.36. The van der Waals surface area contributed by atoms with Gasteiger partial charge < -0.3 is 11.1 Å². The maximum absolute atomic E-state index is 11.8. The number of hydrogen-bond acceptors (Lipinski definition) is 2. The predicted molar refractivity (Wildman–Crippen MR) is 65.6 cm³/mol. The molecular weight excluding hydrogens is 224 g/mol. The Kier molecular flexibility index (Phi) is 3.46. The molecule has 0 fully saturated rings. The number of carbonyl (C=O) groups excluding carboxylic acids is 1. The first kappa shape index (κ1) is 11.4. The molecule has 0 saturated heterocycles. The average Bonchev–Trinajstić information content (AvgIpc) is 2.26. The van der Waals surface area contributed by atoms with Crippen molar-refractivity contribution in [2.45, 2.75) is 19.3 Å². The summed E-state index contributed by atoms with van der Waals surface area (Å²) in [5.74, 6) is 0.139. The molecular formula is C12H15ClN2O. The molecule has 1 unspecified atom stereocenters. The Morgan fingerprint density at radius 3 is 3.06 bits per heavy atom. The van der Waals surface area contributed by atoms with Crippen molar-refractivity contribution in [2.24, 2.45) is 11.7 Å². The Morgan fingerprint density at radius 2 is 2.31 bits per heavy atom. The van der Waals surface area contributed by atoms with Crippen LogP contribution in [0.5, 0.6) is 0 Å². The van der Waals surface area contributed by atoms with E-state index in [-0.39, 0.29) is 11.8 Å². The molecule has 0 aromatic heterocycles. The zero-order valence-electron chi connectivity index (χ0n) is 9.00. The minimum Gasteiger partial charge on any atom is -0.330 e. The van der Waals surface area contributed by atoms with Gasteiger partial charge in [0.2, 0.25) is 5.91 Å². The molecule has 3 nitrogen and oxygen atoms in total. The Morgan fingerprint density at radius 1 is 1.50 bits per heavy atom. The number of nitrogens with two attached hydrogens (primary N) is 1. The van der Waals surface area contributed by atoms with Crippen LogP contribution in [0.1, 0.15) is 18.4 Å². The monoisotopic (exact) mass is 238 g/mol. The molecule has 1 aromatic carbocycles. The van der Waals surface area contributed by atoms with Gasteiger partial charge >= 0.3 is 0 Å². The fraction of sp³-hybridized carbons (Fsp3) is 0.417. The van der Waals surface area contributed by atoms with Crippen LogP contribution < -0.4 is 11.1 Å². The van der Waals surface area contributed by atoms with Gasteiger partial charge in [-0.1, -0.05) is 17.7 Å². The lowest BCUT2D eigenvalue weighted by atomic mass is 9.90. The number of benzene rings is 1. The van der Waals surface area contributed by atoms with Gasteiger partial charge in [0.25, 0.3) is 0 Å². The normalized spacial score (nSPS) is 19.1. The molecule has 1 aliphatic heterocycles. The van der Waals surface area contributed by atoms with E-state index in [1.807, 2.05) is 12.1 Å². The molecule has 86 valence electrons. The number of nitrogens with one attached hydrogen (secondary N) is 1. The molecule has 0 radical (unpaired) electrons. The quantitative estimate of drug-likeness (QED) is 0.848. The summed E-state index contributed by atoms with van der Waals surface area (Å²) < 4.78 is 0. The van der Waals surface area contributed by atoms with Crippen molar-refractivity contribution in [2.75, 3.05) is 11.9 Å². The van der Waals surface area contributed by atoms with E-state index < -0.39 is 0 Å². The van der Waals surface area contributed by atoms with E-state index in [4.69, 9.17) is 17.3 Å². The summed E-state index contributed by atoms with van der Waals surface area (Å²) in [6.45, 7) is 0.636. The Labute approximate surface area is 100.0 Å². The fourth-order valence-electron chi connectivity index (χ4n) is 2.03. The van der Waals surface area contributed by atoms with Crippen LogP contribution in [0.25, 0.3) is 0 Å². The van der Waals surface area contributed by atoms with Crippen molar-refractivity contribution in [1.29, 1.82) is 0 Å². The predicted octanol–water partition coefficient (Wildman–Crippen LogP) is 2.19. The highest BCUT2D eigenvalue weighted by atomic mass is 35.5. The van der Waals surface area contributed by atoms with E-state index in [0.717, 1.165) is 30.5 Å². The Balaban J connectivity index is 2.15. The largest absolute Gasteiger partial charge is 0.330 e. The van der Waals surface area contributed by atoms with Crippen LogP contribution in [0.4, 0.5) is 5.69 Å². The second-order valence-corrected chi connectivity index (χ2v) is 4.56. The van der Waals surface area contributed by atoms with E-state index in [0.29, 0.717) is 11.6 Å². The van der Waals surface area contributed by atoms with E-state index in [1.54, 1.807) is 6.07 Å². The van der Waals surface area contributed by atoms with Crippen molar-refractivity contribution in [3.63, 3.8) is 0 Å². The maximum atomic E-state index is 11.8. The van der Waals surface area contributed by atoms with E-state index in [1.165, 1.54) is 0 Å². The molecule has 1 heterocycles. The Bertz CT molecular complexity index is 406. The summed E-state index contributed by atoms with van der Waals surface area (Å²) in [6.07, 6.45) is 2.53. The van der Waals surface area contributed by atoms with Crippen molar-refractivity contribution in [3.05, 3.63) is 28.8 Å². The molecule has 0 saturated carbocycles. The summed E-state index contributed by atoms with van der Waals surface area (Å²) in [7, 11) is 0. The van der Waals surface area contributed by atoms with Gasteiger partial charge in [-0.25, -0.2) is 0 Å². The van der Waals surface area contributed by atoms with Gasteiger partial charge in [-0.05, 0) is 43.5 Å². The summed E-state index contributed by atoms with van der Waals surface area (Å²) in [5.41, 5.74) is 7.46. The van der Waals surface area contributed by atoms with Gasteiger partial charge in [-0.15, -0.1) is 0 Å². The van der Waals surface area contributed by atoms with Crippen LogP contribution in [-0.2, 0) is 11.2 Å². The van der Waals surface area contributed by atoms with Gasteiger partial charge in [0.05, 0.1) is 0 Å². The van der Waals surface area contributed by atoms with E-state index in [2.05, 4.69) is 5.32 Å². The van der Waals surface area contributed by atoms with Crippen LogP contribution in [0.3, 0.4) is 0 Å². The van der Waals surface area contributed by atoms with Crippen molar-refractivity contribution in [3.8, 4) is 0 Å². The minimum absolute atomic E-state index is 0.0530. The average molecular weight is 239 g/mol. The van der Waals surface area contributed by atoms with Crippen molar-refractivity contribution in [1.82, 2.24) is 0 Å². The third-order valence-corrected chi connectivity index (χ3v) is 3.16. The molecule has 0 spiro atoms. The fourth-order valence-corrected chi connectivity index (χ4v) is 2.21. The van der Waals surface area contributed by atoms with Crippen LogP contribution in [0, 0.1) is 5.92 Å². The highest BCUT2D eigenvalue weighted by Crippen LogP contribution is 2.29. The van der Waals surface area contributed by atoms with Gasteiger partial charge in [0.1, 0.15) is 0 Å². The molecule has 2 rings (SSSR count). The number of carbonyl (C=O) groups is 1. The van der Waals surface area contributed by atoms with E-state index >= 15 is 0 Å². The van der Waals surface area contributed by atoms with Crippen LogP contribution in [-0.4, -0.2) is 12.5 Å². The first-order valence-electron chi connectivity index (χ1n) is 5.50. The summed E-state index contributed by atoms with van der Waals surface area (Å²) in [4.78, 5) is 11.8. The van der Waals surface area contributed by atoms with Gasteiger partial charge in [-0.3, -0.25) is 4.79 Å². The molecule has 16 heavy (non-hydrogen) atoms. The lowest BCUT2D eigenvalue weighted by molar-refractivity contribution is -0.120. The topological polar surface area (TPSA) is 55.1 Å². The summed E-state index contributed by atoms with van der Waals surface area (Å²) in [5, 5.41) is 3.55. The number of hydrogen-bond donors (Lipinski definition) is 2. The molecule has 1 atom stereocenters. The molecule has 1 amide bonds. The van der Waals surface area contributed by atoms with Crippen LogP contribution in [0.2, 0.25) is 5.02 Å². The summed E-state index contributed by atoms with van der Waals surface area (Å²) >= 11 is 5.88. The number of halogens is 1. The zero-order chi connectivity index (χ0) is 11.5. The van der Waals surface area contributed by atoms with Gasteiger partial charge in [0.15, 0.2) is 0 Å². The molecule has 1 aliphatic rings. The van der Waals surface area contributed by atoms with Crippen LogP contribution in [0.15, 0.2) is 18.2 Å². The Hall–Kier alpha value is -1.06. The molecule has 0 aliphatic carbocycles. The smallest absolute Gasteiger partial charge is 0.227 e. The number of amides is 1. The molecule has 0 bridgehead atoms. The lowest BCUT2D eigenvalue weighted by Crippen LogP contribution is -2.30. The number of rotatable bonds is 3.